The zero-order valence-electron chi connectivity index (χ0n) is 10.4. The molecule has 1 aliphatic rings. The Bertz CT molecular complexity index is 271. The molecule has 0 spiro atoms. The van der Waals surface area contributed by atoms with Crippen LogP contribution in [0, 0.1) is 0 Å². The lowest BCUT2D eigenvalue weighted by atomic mass is 9.90. The summed E-state index contributed by atoms with van der Waals surface area (Å²) in [5, 5.41) is 14.7. The molecule has 1 saturated carbocycles. The SMILES string of the molecule is CCCNC(=O)NC1(C(=O)O)CCCCCC1. The fourth-order valence-electron chi connectivity index (χ4n) is 2.22. The number of hydrogen-bond donors (Lipinski definition) is 3. The molecule has 0 aromatic rings. The Morgan fingerprint density at radius 2 is 1.76 bits per heavy atom. The smallest absolute Gasteiger partial charge is 0.329 e. The van der Waals surface area contributed by atoms with Crippen LogP contribution in [0.5, 0.6) is 0 Å². The van der Waals surface area contributed by atoms with Gasteiger partial charge in [-0.1, -0.05) is 32.6 Å². The van der Waals surface area contributed by atoms with E-state index in [0.717, 1.165) is 32.1 Å². The Balaban J connectivity index is 2.63. The van der Waals surface area contributed by atoms with Crippen LogP contribution in [0.1, 0.15) is 51.9 Å². The molecule has 2 amide bonds. The molecule has 0 aromatic carbocycles. The monoisotopic (exact) mass is 242 g/mol. The molecule has 1 rings (SSSR count). The highest BCUT2D eigenvalue weighted by Gasteiger charge is 2.39. The predicted molar refractivity (Wildman–Crippen MR) is 64.9 cm³/mol. The molecule has 0 aliphatic heterocycles. The highest BCUT2D eigenvalue weighted by atomic mass is 16.4. The number of carbonyl (C=O) groups excluding carboxylic acids is 1. The van der Waals surface area contributed by atoms with Crippen molar-refractivity contribution in [2.75, 3.05) is 6.54 Å². The zero-order valence-corrected chi connectivity index (χ0v) is 10.4. The number of rotatable bonds is 4. The third-order valence-electron chi connectivity index (χ3n) is 3.25. The second-order valence-corrected chi connectivity index (χ2v) is 4.68. The normalized spacial score (nSPS) is 19.1. The maximum Gasteiger partial charge on any atom is 0.329 e. The van der Waals surface area contributed by atoms with Gasteiger partial charge >= 0.3 is 12.0 Å². The van der Waals surface area contributed by atoms with E-state index in [1.165, 1.54) is 0 Å². The Morgan fingerprint density at radius 3 is 2.24 bits per heavy atom. The second kappa shape index (κ2) is 6.47. The fraction of sp³-hybridized carbons (Fsp3) is 0.833. The van der Waals surface area contributed by atoms with Crippen molar-refractivity contribution in [1.82, 2.24) is 10.6 Å². The fourth-order valence-corrected chi connectivity index (χ4v) is 2.22. The van der Waals surface area contributed by atoms with Crippen LogP contribution >= 0.6 is 0 Å². The average Bonchev–Trinajstić information content (AvgIpc) is 2.53. The van der Waals surface area contributed by atoms with Crippen LogP contribution in [-0.2, 0) is 4.79 Å². The van der Waals surface area contributed by atoms with Crippen molar-refractivity contribution in [3.8, 4) is 0 Å². The molecule has 0 heterocycles. The van der Waals surface area contributed by atoms with Crippen molar-refractivity contribution in [3.63, 3.8) is 0 Å². The summed E-state index contributed by atoms with van der Waals surface area (Å²) in [5.74, 6) is -0.911. The summed E-state index contributed by atoms with van der Waals surface area (Å²) in [5.41, 5.74) is -1.06. The number of carboxylic acids is 1. The zero-order chi connectivity index (χ0) is 12.7. The number of carboxylic acid groups (broad SMARTS) is 1. The van der Waals surface area contributed by atoms with Crippen molar-refractivity contribution in [2.45, 2.75) is 57.4 Å². The van der Waals surface area contributed by atoms with E-state index >= 15 is 0 Å². The molecule has 5 nitrogen and oxygen atoms in total. The Kier molecular flexibility index (Phi) is 5.25. The number of hydrogen-bond acceptors (Lipinski definition) is 2. The van der Waals surface area contributed by atoms with Gasteiger partial charge in [0.05, 0.1) is 0 Å². The quantitative estimate of drug-likeness (QED) is 0.658. The summed E-state index contributed by atoms with van der Waals surface area (Å²) in [7, 11) is 0. The van der Waals surface area contributed by atoms with Crippen LogP contribution in [0.2, 0.25) is 0 Å². The Morgan fingerprint density at radius 1 is 1.18 bits per heavy atom. The van der Waals surface area contributed by atoms with E-state index in [2.05, 4.69) is 10.6 Å². The van der Waals surface area contributed by atoms with Gasteiger partial charge in [0, 0.05) is 6.54 Å². The highest BCUT2D eigenvalue weighted by Crippen LogP contribution is 2.27. The van der Waals surface area contributed by atoms with Gasteiger partial charge in [-0.05, 0) is 19.3 Å². The molecular weight excluding hydrogens is 220 g/mol. The molecule has 1 aliphatic carbocycles. The van der Waals surface area contributed by atoms with Gasteiger partial charge in [0.1, 0.15) is 5.54 Å². The molecule has 0 unspecified atom stereocenters. The third kappa shape index (κ3) is 3.91. The van der Waals surface area contributed by atoms with Crippen LogP contribution in [0.3, 0.4) is 0 Å². The van der Waals surface area contributed by atoms with Crippen LogP contribution < -0.4 is 10.6 Å². The Hall–Kier alpha value is -1.26. The van der Waals surface area contributed by atoms with Crippen molar-refractivity contribution < 1.29 is 14.7 Å². The molecule has 0 saturated heterocycles. The van der Waals surface area contributed by atoms with Gasteiger partial charge < -0.3 is 15.7 Å². The standard InChI is InChI=1S/C12H22N2O3/c1-2-9-13-11(17)14-12(10(15)16)7-5-3-4-6-8-12/h2-9H2,1H3,(H,15,16)(H2,13,14,17). The van der Waals surface area contributed by atoms with Crippen LogP contribution in [-0.4, -0.2) is 29.2 Å². The first-order valence-corrected chi connectivity index (χ1v) is 6.40. The molecule has 98 valence electrons. The van der Waals surface area contributed by atoms with Crippen molar-refractivity contribution in [3.05, 3.63) is 0 Å². The first-order valence-electron chi connectivity index (χ1n) is 6.40. The van der Waals surface area contributed by atoms with Crippen molar-refractivity contribution >= 4 is 12.0 Å². The molecule has 5 heteroatoms. The number of aliphatic carboxylic acids is 1. The topological polar surface area (TPSA) is 78.4 Å². The molecule has 1 fully saturated rings. The van der Waals surface area contributed by atoms with E-state index in [1.807, 2.05) is 6.92 Å². The highest BCUT2D eigenvalue weighted by molar-refractivity contribution is 5.86. The Labute approximate surface area is 102 Å². The van der Waals surface area contributed by atoms with Crippen molar-refractivity contribution in [2.24, 2.45) is 0 Å². The van der Waals surface area contributed by atoms with E-state index in [0.29, 0.717) is 19.4 Å². The molecule has 0 radical (unpaired) electrons. The van der Waals surface area contributed by atoms with Crippen LogP contribution in [0.4, 0.5) is 4.79 Å². The maximum absolute atomic E-state index is 11.6. The van der Waals surface area contributed by atoms with Crippen molar-refractivity contribution in [1.29, 1.82) is 0 Å². The summed E-state index contributed by atoms with van der Waals surface area (Å²) >= 11 is 0. The van der Waals surface area contributed by atoms with E-state index in [1.54, 1.807) is 0 Å². The minimum atomic E-state index is -1.06. The molecule has 17 heavy (non-hydrogen) atoms. The predicted octanol–water partition coefficient (Wildman–Crippen LogP) is 1.87. The molecule has 0 aromatic heterocycles. The van der Waals surface area contributed by atoms with Gasteiger partial charge in [-0.3, -0.25) is 0 Å². The summed E-state index contributed by atoms with van der Waals surface area (Å²) in [4.78, 5) is 23.0. The average molecular weight is 242 g/mol. The first-order chi connectivity index (χ1) is 8.10. The number of urea groups is 1. The molecule has 3 N–H and O–H groups in total. The summed E-state index contributed by atoms with van der Waals surface area (Å²) in [6.07, 6.45) is 5.72. The number of amides is 2. The number of nitrogens with one attached hydrogen (secondary N) is 2. The molecule has 0 atom stereocenters. The van der Waals surface area contributed by atoms with E-state index in [-0.39, 0.29) is 6.03 Å². The van der Waals surface area contributed by atoms with Gasteiger partial charge in [0.2, 0.25) is 0 Å². The van der Waals surface area contributed by atoms with Gasteiger partial charge in [-0.2, -0.15) is 0 Å². The van der Waals surface area contributed by atoms with E-state index in [4.69, 9.17) is 0 Å². The van der Waals surface area contributed by atoms with Crippen LogP contribution in [0.15, 0.2) is 0 Å². The van der Waals surface area contributed by atoms with E-state index in [9.17, 15) is 14.7 Å². The lowest BCUT2D eigenvalue weighted by Gasteiger charge is -2.29. The number of carbonyl (C=O) groups is 2. The summed E-state index contributed by atoms with van der Waals surface area (Å²) < 4.78 is 0. The van der Waals surface area contributed by atoms with Gasteiger partial charge in [0.25, 0.3) is 0 Å². The first kappa shape index (κ1) is 13.8. The lowest BCUT2D eigenvalue weighted by molar-refractivity contribution is -0.145. The second-order valence-electron chi connectivity index (χ2n) is 4.68. The largest absolute Gasteiger partial charge is 0.480 e. The van der Waals surface area contributed by atoms with Crippen LogP contribution in [0.25, 0.3) is 0 Å². The minimum absolute atomic E-state index is 0.365. The summed E-state index contributed by atoms with van der Waals surface area (Å²) in [6.45, 7) is 2.53. The maximum atomic E-state index is 11.6. The summed E-state index contributed by atoms with van der Waals surface area (Å²) in [6, 6.07) is -0.365. The van der Waals surface area contributed by atoms with Gasteiger partial charge in [-0.25, -0.2) is 9.59 Å². The lowest BCUT2D eigenvalue weighted by Crippen LogP contribution is -2.57. The van der Waals surface area contributed by atoms with Gasteiger partial charge in [-0.15, -0.1) is 0 Å². The third-order valence-corrected chi connectivity index (χ3v) is 3.25. The van der Waals surface area contributed by atoms with E-state index < -0.39 is 11.5 Å². The minimum Gasteiger partial charge on any atom is -0.480 e. The molecule has 0 bridgehead atoms. The van der Waals surface area contributed by atoms with Gasteiger partial charge in [0.15, 0.2) is 0 Å². The molecular formula is C12H22N2O3.